The Morgan fingerprint density at radius 3 is 2.83 bits per heavy atom. The Bertz CT molecular complexity index is 574. The summed E-state index contributed by atoms with van der Waals surface area (Å²) < 4.78 is 16.8. The van der Waals surface area contributed by atoms with Gasteiger partial charge in [-0.3, -0.25) is 4.90 Å². The smallest absolute Gasteiger partial charge is 0.164 e. The van der Waals surface area contributed by atoms with E-state index in [4.69, 9.17) is 14.2 Å². The van der Waals surface area contributed by atoms with E-state index in [1.807, 2.05) is 6.07 Å². The van der Waals surface area contributed by atoms with Gasteiger partial charge in [0.05, 0.1) is 26.4 Å². The third-order valence-electron chi connectivity index (χ3n) is 5.07. The number of hydrogen-bond acceptors (Lipinski definition) is 5. The van der Waals surface area contributed by atoms with Crippen molar-refractivity contribution in [2.45, 2.75) is 38.3 Å². The molecule has 1 aliphatic heterocycles. The number of hydrogen-bond donors (Lipinski definition) is 1. The minimum Gasteiger partial charge on any atom is -0.493 e. The molecule has 1 saturated heterocycles. The quantitative estimate of drug-likeness (QED) is 0.865. The minimum absolute atomic E-state index is 0.0257. The second-order valence-corrected chi connectivity index (χ2v) is 7.30. The zero-order valence-corrected chi connectivity index (χ0v) is 15.4. The number of methoxy groups -OCH3 is 2. The first-order valence-corrected chi connectivity index (χ1v) is 8.87. The van der Waals surface area contributed by atoms with E-state index in [2.05, 4.69) is 30.1 Å². The summed E-state index contributed by atoms with van der Waals surface area (Å²) in [6.07, 6.45) is 2.16. The van der Waals surface area contributed by atoms with Crippen molar-refractivity contribution < 1.29 is 14.2 Å². The molecule has 24 heavy (non-hydrogen) atoms. The summed E-state index contributed by atoms with van der Waals surface area (Å²) in [6, 6.07) is 4.61. The van der Waals surface area contributed by atoms with Crippen molar-refractivity contribution in [2.24, 2.45) is 0 Å². The van der Waals surface area contributed by atoms with Crippen molar-refractivity contribution in [3.05, 3.63) is 23.3 Å². The molecule has 1 aromatic carbocycles. The van der Waals surface area contributed by atoms with E-state index in [1.165, 1.54) is 11.1 Å². The van der Waals surface area contributed by atoms with E-state index >= 15 is 0 Å². The molecule has 1 fully saturated rings. The van der Waals surface area contributed by atoms with Gasteiger partial charge in [0.2, 0.25) is 0 Å². The fourth-order valence-electron chi connectivity index (χ4n) is 3.95. The maximum Gasteiger partial charge on any atom is 0.164 e. The summed E-state index contributed by atoms with van der Waals surface area (Å²) in [7, 11) is 3.41. The minimum atomic E-state index is -0.0257. The van der Waals surface area contributed by atoms with Gasteiger partial charge in [0.1, 0.15) is 0 Å². The fourth-order valence-corrected chi connectivity index (χ4v) is 3.95. The average Bonchev–Trinajstić information content (AvgIpc) is 2.96. The Hall–Kier alpha value is -1.30. The van der Waals surface area contributed by atoms with Crippen LogP contribution in [-0.4, -0.2) is 57.5 Å². The highest BCUT2D eigenvalue weighted by molar-refractivity contribution is 5.53. The lowest BCUT2D eigenvalue weighted by Gasteiger charge is -2.38. The molecule has 0 bridgehead atoms. The number of nitrogens with one attached hydrogen (secondary N) is 1. The van der Waals surface area contributed by atoms with Gasteiger partial charge < -0.3 is 19.5 Å². The van der Waals surface area contributed by atoms with Gasteiger partial charge in [-0.05, 0) is 38.3 Å². The van der Waals surface area contributed by atoms with Crippen molar-refractivity contribution in [3.8, 4) is 11.5 Å². The van der Waals surface area contributed by atoms with Gasteiger partial charge >= 0.3 is 0 Å². The molecule has 0 unspecified atom stereocenters. The number of benzene rings is 1. The van der Waals surface area contributed by atoms with Crippen molar-refractivity contribution in [2.75, 3.05) is 47.0 Å². The van der Waals surface area contributed by atoms with E-state index in [9.17, 15) is 0 Å². The molecule has 1 aliphatic carbocycles. The van der Waals surface area contributed by atoms with Gasteiger partial charge in [-0.15, -0.1) is 0 Å². The van der Waals surface area contributed by atoms with Crippen LogP contribution in [0, 0.1) is 0 Å². The topological polar surface area (TPSA) is 43.0 Å². The highest BCUT2D eigenvalue weighted by atomic mass is 16.5. The predicted molar refractivity (Wildman–Crippen MR) is 95.1 cm³/mol. The van der Waals surface area contributed by atoms with Crippen LogP contribution in [0.2, 0.25) is 0 Å². The van der Waals surface area contributed by atoms with Gasteiger partial charge in [0, 0.05) is 37.8 Å². The SMILES string of the molecule is COc1ccc2c(c1OC)CC[C@H]2NCCN1CCOC(C)(C)C1. The Morgan fingerprint density at radius 2 is 2.12 bits per heavy atom. The molecule has 0 saturated carbocycles. The summed E-state index contributed by atoms with van der Waals surface area (Å²) in [4.78, 5) is 2.49. The number of rotatable bonds is 6. The lowest BCUT2D eigenvalue weighted by atomic mass is 10.1. The van der Waals surface area contributed by atoms with Crippen LogP contribution < -0.4 is 14.8 Å². The third-order valence-corrected chi connectivity index (χ3v) is 5.07. The first-order chi connectivity index (χ1) is 11.5. The molecular weight excluding hydrogens is 304 g/mol. The van der Waals surface area contributed by atoms with Crippen LogP contribution in [-0.2, 0) is 11.2 Å². The summed E-state index contributed by atoms with van der Waals surface area (Å²) in [5, 5.41) is 3.72. The van der Waals surface area contributed by atoms with Gasteiger partial charge in [-0.25, -0.2) is 0 Å². The van der Waals surface area contributed by atoms with E-state index < -0.39 is 0 Å². The lowest BCUT2D eigenvalue weighted by molar-refractivity contribution is -0.0855. The number of fused-ring (bicyclic) bond motifs is 1. The van der Waals surface area contributed by atoms with Crippen LogP contribution in [0.3, 0.4) is 0 Å². The van der Waals surface area contributed by atoms with Crippen LogP contribution in [0.25, 0.3) is 0 Å². The summed E-state index contributed by atoms with van der Waals surface area (Å²) in [5.74, 6) is 1.72. The van der Waals surface area contributed by atoms with Gasteiger partial charge in [0.15, 0.2) is 11.5 Å². The molecule has 1 aromatic rings. The lowest BCUT2D eigenvalue weighted by Crippen LogP contribution is -2.49. The fraction of sp³-hybridized carbons (Fsp3) is 0.684. The molecule has 5 heteroatoms. The molecule has 1 heterocycles. The maximum absolute atomic E-state index is 5.78. The molecule has 5 nitrogen and oxygen atoms in total. The van der Waals surface area contributed by atoms with Gasteiger partial charge in [-0.1, -0.05) is 6.07 Å². The zero-order valence-electron chi connectivity index (χ0n) is 15.4. The molecular formula is C19H30N2O3. The van der Waals surface area contributed by atoms with E-state index in [0.717, 1.165) is 57.1 Å². The monoisotopic (exact) mass is 334 g/mol. The van der Waals surface area contributed by atoms with E-state index in [0.29, 0.717) is 6.04 Å². The average molecular weight is 334 g/mol. The van der Waals surface area contributed by atoms with Gasteiger partial charge in [-0.2, -0.15) is 0 Å². The van der Waals surface area contributed by atoms with Crippen LogP contribution in [0.4, 0.5) is 0 Å². The molecule has 0 radical (unpaired) electrons. The number of nitrogens with zero attached hydrogens (tertiary/aromatic N) is 1. The number of morpholine rings is 1. The Kier molecular flexibility index (Phi) is 5.33. The largest absolute Gasteiger partial charge is 0.493 e. The Balaban J connectivity index is 1.57. The molecule has 3 rings (SSSR count). The highest BCUT2D eigenvalue weighted by Crippen LogP contribution is 2.42. The summed E-state index contributed by atoms with van der Waals surface area (Å²) in [6.45, 7) is 9.24. The van der Waals surface area contributed by atoms with E-state index in [1.54, 1.807) is 14.2 Å². The van der Waals surface area contributed by atoms with Crippen molar-refractivity contribution in [3.63, 3.8) is 0 Å². The van der Waals surface area contributed by atoms with Crippen molar-refractivity contribution in [1.82, 2.24) is 10.2 Å². The second-order valence-electron chi connectivity index (χ2n) is 7.30. The zero-order chi connectivity index (χ0) is 17.2. The first-order valence-electron chi connectivity index (χ1n) is 8.87. The third kappa shape index (κ3) is 3.68. The van der Waals surface area contributed by atoms with Crippen LogP contribution >= 0.6 is 0 Å². The van der Waals surface area contributed by atoms with E-state index in [-0.39, 0.29) is 5.60 Å². The molecule has 1 N–H and O–H groups in total. The molecule has 134 valence electrons. The normalized spacial score (nSPS) is 23.1. The van der Waals surface area contributed by atoms with Crippen LogP contribution in [0.1, 0.15) is 37.4 Å². The van der Waals surface area contributed by atoms with Crippen LogP contribution in [0.15, 0.2) is 12.1 Å². The summed E-state index contributed by atoms with van der Waals surface area (Å²) in [5.41, 5.74) is 2.62. The number of ether oxygens (including phenoxy) is 3. The van der Waals surface area contributed by atoms with Crippen molar-refractivity contribution in [1.29, 1.82) is 0 Å². The molecule has 0 spiro atoms. The van der Waals surface area contributed by atoms with Gasteiger partial charge in [0.25, 0.3) is 0 Å². The Labute approximate surface area is 145 Å². The second kappa shape index (κ2) is 7.30. The summed E-state index contributed by atoms with van der Waals surface area (Å²) >= 11 is 0. The maximum atomic E-state index is 5.78. The standard InChI is InChI=1S/C19H30N2O3/c1-19(2)13-21(11-12-24-19)10-9-20-16-7-5-15-14(16)6-8-17(22-3)18(15)23-4/h6,8,16,20H,5,7,9-13H2,1-4H3/t16-/m1/s1. The molecule has 0 aromatic heterocycles. The van der Waals surface area contributed by atoms with Crippen molar-refractivity contribution >= 4 is 0 Å². The Morgan fingerprint density at radius 1 is 1.29 bits per heavy atom. The highest BCUT2D eigenvalue weighted by Gasteiger charge is 2.29. The molecule has 0 amide bonds. The molecule has 2 aliphatic rings. The predicted octanol–water partition coefficient (Wildman–Crippen LogP) is 2.39. The first kappa shape index (κ1) is 17.5. The molecule has 1 atom stereocenters. The van der Waals surface area contributed by atoms with Crippen LogP contribution in [0.5, 0.6) is 11.5 Å².